The van der Waals surface area contributed by atoms with Gasteiger partial charge in [0.25, 0.3) is 0 Å². The Kier molecular flexibility index (Phi) is 3.83. The number of nitrogens with zero attached hydrogens (tertiary/aromatic N) is 1. The maximum absolute atomic E-state index is 11.2. The second-order valence-corrected chi connectivity index (χ2v) is 6.92. The Morgan fingerprint density at radius 3 is 2.58 bits per heavy atom. The second-order valence-electron chi connectivity index (χ2n) is 5.30. The molecule has 0 amide bonds. The van der Waals surface area contributed by atoms with E-state index < -0.39 is 22.1 Å². The summed E-state index contributed by atoms with van der Waals surface area (Å²) in [6.45, 7) is 0. The highest BCUT2D eigenvalue weighted by atomic mass is 32.2. The third-order valence-electron chi connectivity index (χ3n) is 3.62. The summed E-state index contributed by atoms with van der Waals surface area (Å²) in [5.41, 5.74) is 2.86. The fourth-order valence-corrected chi connectivity index (χ4v) is 2.83. The molecule has 0 saturated heterocycles. The van der Waals surface area contributed by atoms with E-state index in [1.54, 1.807) is 37.6 Å². The highest BCUT2D eigenvalue weighted by Crippen LogP contribution is 2.29. The van der Waals surface area contributed by atoms with Gasteiger partial charge in [-0.2, -0.15) is 0 Å². The molecule has 0 aliphatic heterocycles. The molecule has 0 unspecified atom stereocenters. The van der Waals surface area contributed by atoms with Crippen LogP contribution in [0.3, 0.4) is 0 Å². The molecule has 6 heteroatoms. The van der Waals surface area contributed by atoms with Gasteiger partial charge in [-0.3, -0.25) is 4.98 Å². The van der Waals surface area contributed by atoms with Crippen molar-refractivity contribution in [2.24, 2.45) is 5.14 Å². The van der Waals surface area contributed by atoms with E-state index in [2.05, 4.69) is 4.98 Å². The SMILES string of the molecule is [2H]C([2H])(CS(N)(=O)=O)c1ccc(-c2ccnc3cc(OC)ccc23)cc1. The first-order valence-electron chi connectivity index (χ1n) is 8.24. The van der Waals surface area contributed by atoms with Gasteiger partial charge in [0.2, 0.25) is 10.0 Å². The maximum atomic E-state index is 11.2. The van der Waals surface area contributed by atoms with E-state index in [1.165, 1.54) is 0 Å². The molecule has 0 radical (unpaired) electrons. The summed E-state index contributed by atoms with van der Waals surface area (Å²) in [4.78, 5) is 4.35. The number of methoxy groups -OCH3 is 1. The summed E-state index contributed by atoms with van der Waals surface area (Å²) in [5, 5.41) is 5.92. The Morgan fingerprint density at radius 1 is 1.17 bits per heavy atom. The number of aryl methyl sites for hydroxylation is 1. The molecule has 1 heterocycles. The van der Waals surface area contributed by atoms with E-state index in [0.717, 1.165) is 22.0 Å². The zero-order valence-corrected chi connectivity index (χ0v) is 13.9. The van der Waals surface area contributed by atoms with Crippen molar-refractivity contribution in [2.45, 2.75) is 6.37 Å². The van der Waals surface area contributed by atoms with Crippen LogP contribution in [0.1, 0.15) is 8.30 Å². The van der Waals surface area contributed by atoms with Crippen molar-refractivity contribution in [3.63, 3.8) is 0 Å². The van der Waals surface area contributed by atoms with Gasteiger partial charge in [0.15, 0.2) is 0 Å². The van der Waals surface area contributed by atoms with Crippen LogP contribution in [0, 0.1) is 0 Å². The summed E-state index contributed by atoms with van der Waals surface area (Å²) in [6.07, 6.45) is -0.356. The van der Waals surface area contributed by atoms with E-state index >= 15 is 0 Å². The summed E-state index contributed by atoms with van der Waals surface area (Å²) < 4.78 is 43.6. The molecule has 0 atom stereocenters. The zero-order valence-electron chi connectivity index (χ0n) is 15.1. The summed E-state index contributed by atoms with van der Waals surface area (Å²) in [7, 11) is -2.33. The lowest BCUT2D eigenvalue weighted by molar-refractivity contribution is 0.415. The second kappa shape index (κ2) is 6.59. The number of benzene rings is 2. The lowest BCUT2D eigenvalue weighted by Gasteiger charge is -2.09. The van der Waals surface area contributed by atoms with Crippen LogP contribution in [0.25, 0.3) is 22.0 Å². The average Bonchev–Trinajstić information content (AvgIpc) is 2.59. The quantitative estimate of drug-likeness (QED) is 0.771. The lowest BCUT2D eigenvalue weighted by atomic mass is 9.99. The molecule has 124 valence electrons. The Morgan fingerprint density at radius 2 is 1.92 bits per heavy atom. The fraction of sp³-hybridized carbons (Fsp3) is 0.167. The molecular weight excluding hydrogens is 324 g/mol. The topological polar surface area (TPSA) is 82.3 Å². The van der Waals surface area contributed by atoms with Crippen LogP contribution in [0.4, 0.5) is 0 Å². The van der Waals surface area contributed by atoms with Crippen LogP contribution < -0.4 is 9.88 Å². The highest BCUT2D eigenvalue weighted by molar-refractivity contribution is 7.89. The number of hydrogen-bond acceptors (Lipinski definition) is 4. The number of primary sulfonamides is 1. The molecule has 24 heavy (non-hydrogen) atoms. The normalized spacial score (nSPS) is 13.4. The largest absolute Gasteiger partial charge is 0.497 e. The summed E-state index contributed by atoms with van der Waals surface area (Å²) in [5.74, 6) is -0.0502. The van der Waals surface area contributed by atoms with E-state index in [1.807, 2.05) is 24.3 Å². The fourth-order valence-electron chi connectivity index (χ4n) is 2.46. The lowest BCUT2D eigenvalue weighted by Crippen LogP contribution is -2.17. The summed E-state index contributed by atoms with van der Waals surface area (Å²) >= 11 is 0. The first-order chi connectivity index (χ1) is 12.2. The minimum atomic E-state index is -3.92. The molecule has 0 bridgehead atoms. The van der Waals surface area contributed by atoms with Crippen LogP contribution in [0.2, 0.25) is 0 Å². The molecule has 2 aromatic carbocycles. The van der Waals surface area contributed by atoms with E-state index in [9.17, 15) is 8.42 Å². The molecule has 0 aliphatic carbocycles. The third kappa shape index (κ3) is 3.72. The van der Waals surface area contributed by atoms with Gasteiger partial charge >= 0.3 is 0 Å². The molecule has 0 aliphatic rings. The Bertz CT molecular complexity index is 1050. The van der Waals surface area contributed by atoms with Crippen molar-refractivity contribution in [2.75, 3.05) is 12.9 Å². The van der Waals surface area contributed by atoms with Crippen molar-refractivity contribution in [1.82, 2.24) is 4.98 Å². The number of pyridine rings is 1. The standard InChI is InChI=1S/C18H18N2O3S/c1-23-15-6-7-17-16(8-10-20-18(17)12-15)14-4-2-13(3-5-14)9-11-24(19,21)22/h2-8,10,12H,9,11H2,1H3,(H2,19,21,22)/i9D2. The predicted molar refractivity (Wildman–Crippen MR) is 95.4 cm³/mol. The van der Waals surface area contributed by atoms with Crippen molar-refractivity contribution < 1.29 is 15.9 Å². The smallest absolute Gasteiger partial charge is 0.209 e. The zero-order chi connectivity index (χ0) is 18.9. The monoisotopic (exact) mass is 344 g/mol. The average molecular weight is 344 g/mol. The molecule has 0 fully saturated rings. The molecule has 1 aromatic heterocycles. The van der Waals surface area contributed by atoms with Crippen molar-refractivity contribution in [3.8, 4) is 16.9 Å². The van der Waals surface area contributed by atoms with Gasteiger partial charge in [0.1, 0.15) is 5.75 Å². The number of aromatic nitrogens is 1. The van der Waals surface area contributed by atoms with Gasteiger partial charge in [0, 0.05) is 20.4 Å². The van der Waals surface area contributed by atoms with Gasteiger partial charge < -0.3 is 4.74 Å². The molecule has 0 spiro atoms. The number of sulfonamides is 1. The predicted octanol–water partition coefficient (Wildman–Crippen LogP) is 2.74. The third-order valence-corrected chi connectivity index (χ3v) is 4.17. The van der Waals surface area contributed by atoms with Crippen molar-refractivity contribution in [3.05, 3.63) is 60.3 Å². The van der Waals surface area contributed by atoms with E-state index in [4.69, 9.17) is 12.6 Å². The first-order valence-corrected chi connectivity index (χ1v) is 8.95. The van der Waals surface area contributed by atoms with Gasteiger partial charge in [0.05, 0.1) is 18.4 Å². The molecule has 2 N–H and O–H groups in total. The van der Waals surface area contributed by atoms with E-state index in [0.29, 0.717) is 5.75 Å². The van der Waals surface area contributed by atoms with Gasteiger partial charge in [-0.25, -0.2) is 13.6 Å². The number of ether oxygens (including phenoxy) is 1. The van der Waals surface area contributed by atoms with E-state index in [-0.39, 0.29) is 5.56 Å². The molecule has 5 nitrogen and oxygen atoms in total. The van der Waals surface area contributed by atoms with Crippen molar-refractivity contribution >= 4 is 20.9 Å². The highest BCUT2D eigenvalue weighted by Gasteiger charge is 2.07. The van der Waals surface area contributed by atoms with Crippen LogP contribution in [0.5, 0.6) is 5.75 Å². The molecular formula is C18H18N2O3S. The van der Waals surface area contributed by atoms with Crippen LogP contribution >= 0.6 is 0 Å². The Hall–Kier alpha value is -2.44. The van der Waals surface area contributed by atoms with Gasteiger partial charge in [-0.05, 0) is 41.3 Å². The van der Waals surface area contributed by atoms with Crippen LogP contribution in [0.15, 0.2) is 54.7 Å². The molecule has 3 rings (SSSR count). The number of fused-ring (bicyclic) bond motifs is 1. The van der Waals surface area contributed by atoms with Crippen molar-refractivity contribution in [1.29, 1.82) is 0 Å². The van der Waals surface area contributed by atoms with Crippen LogP contribution in [-0.2, 0) is 16.4 Å². The molecule has 0 saturated carbocycles. The number of nitrogens with two attached hydrogens (primary N) is 1. The maximum Gasteiger partial charge on any atom is 0.209 e. The molecule has 3 aromatic rings. The van der Waals surface area contributed by atoms with Gasteiger partial charge in [-0.15, -0.1) is 0 Å². The Labute approximate surface area is 144 Å². The minimum Gasteiger partial charge on any atom is -0.497 e. The minimum absolute atomic E-state index is 0.260. The Balaban J connectivity index is 2.00. The number of hydrogen-bond donors (Lipinski definition) is 1. The van der Waals surface area contributed by atoms with Crippen LogP contribution in [-0.4, -0.2) is 26.3 Å². The summed E-state index contributed by atoms with van der Waals surface area (Å²) in [6, 6.07) is 14.2. The van der Waals surface area contributed by atoms with Gasteiger partial charge in [-0.1, -0.05) is 24.3 Å². The first kappa shape index (κ1) is 13.9. The number of rotatable bonds is 5.